The molecule has 12 rings (SSSR count). The van der Waals surface area contributed by atoms with Gasteiger partial charge in [0.2, 0.25) is 0 Å². The lowest BCUT2D eigenvalue weighted by Gasteiger charge is -2.44. The summed E-state index contributed by atoms with van der Waals surface area (Å²) >= 11 is 16.5. The number of β-amino-alcohol motifs (C(OH)–C–C–N with tert-alkyl or cyclic N) is 2. The number of nitrogens with zero attached hydrogens (tertiary/aromatic N) is 7. The molecule has 0 bridgehead atoms. The Kier molecular flexibility index (Phi) is 20.4. The normalized spacial score (nSPS) is 20.7. The third kappa shape index (κ3) is 14.1. The number of carbonyl (C=O) groups excluding carboxylic acids is 6. The summed E-state index contributed by atoms with van der Waals surface area (Å²) in [5, 5.41) is 26.2. The summed E-state index contributed by atoms with van der Waals surface area (Å²) in [4.78, 5) is 95.8. The second-order valence-electron chi connectivity index (χ2n) is 23.1. The zero-order valence-corrected chi connectivity index (χ0v) is 53.7. The monoisotopic (exact) mass is 1300 g/mol. The Balaban J connectivity index is 0.000000158. The average molecular weight is 1310 g/mol. The van der Waals surface area contributed by atoms with E-state index >= 15 is 0 Å². The van der Waals surface area contributed by atoms with Crippen LogP contribution in [0, 0.1) is 0 Å². The number of H-pyrrole nitrogens is 1. The number of fused-ring (bicyclic) bond motifs is 2. The van der Waals surface area contributed by atoms with Gasteiger partial charge in [-0.05, 0) is 112 Å². The summed E-state index contributed by atoms with van der Waals surface area (Å²) in [6.07, 6.45) is 2.52. The van der Waals surface area contributed by atoms with Crippen molar-refractivity contribution in [3.63, 3.8) is 0 Å². The zero-order valence-electron chi connectivity index (χ0n) is 49.6. The van der Waals surface area contributed by atoms with Gasteiger partial charge in [0.05, 0.1) is 50.0 Å². The number of carbonyl (C=O) groups is 6. The highest BCUT2D eigenvalue weighted by molar-refractivity contribution is 7.74. The third-order valence-electron chi connectivity index (χ3n) is 16.9. The van der Waals surface area contributed by atoms with Crippen LogP contribution in [-0.2, 0) is 31.9 Å². The Hall–Kier alpha value is -7.05. The zero-order chi connectivity index (χ0) is 63.4. The van der Waals surface area contributed by atoms with Crippen LogP contribution in [-0.4, -0.2) is 173 Å². The van der Waals surface area contributed by atoms with E-state index < -0.39 is 43.0 Å². The van der Waals surface area contributed by atoms with Gasteiger partial charge in [-0.2, -0.15) is 0 Å². The molecule has 0 spiro atoms. The molecule has 25 heteroatoms. The molecule has 468 valence electrons. The summed E-state index contributed by atoms with van der Waals surface area (Å²) in [5.41, 5.74) is 1.91. The fourth-order valence-corrected chi connectivity index (χ4v) is 15.5. The number of nitrogen functional groups attached to an aromatic ring is 1. The molecule has 4 fully saturated rings. The minimum Gasteiger partial charge on any atom is -0.391 e. The van der Waals surface area contributed by atoms with E-state index in [4.69, 9.17) is 39.6 Å². The molecule has 8 heterocycles. The molecule has 4 amide bonds. The van der Waals surface area contributed by atoms with Crippen molar-refractivity contribution in [1.82, 2.24) is 39.1 Å². The summed E-state index contributed by atoms with van der Waals surface area (Å²) < 4.78 is 18.6. The van der Waals surface area contributed by atoms with Crippen molar-refractivity contribution >= 4 is 121 Å². The third-order valence-corrected chi connectivity index (χ3v) is 21.5. The van der Waals surface area contributed by atoms with E-state index in [0.717, 1.165) is 26.2 Å². The van der Waals surface area contributed by atoms with Crippen LogP contribution in [0.4, 0.5) is 0 Å². The Morgan fingerprint density at radius 2 is 1.06 bits per heavy atom. The fraction of sp³-hybridized carbons (Fsp3) is 0.344. The first-order valence-corrected chi connectivity index (χ1v) is 33.5. The van der Waals surface area contributed by atoms with Gasteiger partial charge < -0.3 is 40.6 Å². The summed E-state index contributed by atoms with van der Waals surface area (Å²) in [5.74, 6) is 8.13. The first-order valence-electron chi connectivity index (χ1n) is 29.3. The highest BCUT2D eigenvalue weighted by Crippen LogP contribution is 2.42. The number of aromatic nitrogens is 2. The number of amides is 4. The second-order valence-corrected chi connectivity index (χ2v) is 28.3. The maximum absolute atomic E-state index is 13.7. The maximum atomic E-state index is 13.7. The number of piperazine rings is 2. The van der Waals surface area contributed by atoms with Crippen molar-refractivity contribution in [2.75, 3.05) is 58.2 Å². The molecule has 4 aliphatic heterocycles. The predicted octanol–water partition coefficient (Wildman–Crippen LogP) is 7.78. The highest BCUT2D eigenvalue weighted by Gasteiger charge is 2.38. The van der Waals surface area contributed by atoms with Gasteiger partial charge in [0.1, 0.15) is 0 Å². The van der Waals surface area contributed by atoms with E-state index in [1.807, 2.05) is 72.2 Å². The van der Waals surface area contributed by atoms with Gasteiger partial charge in [-0.25, -0.2) is 10.5 Å². The number of hydrogen-bond acceptors (Lipinski definition) is 16. The van der Waals surface area contributed by atoms with E-state index in [-0.39, 0.29) is 70.8 Å². The van der Waals surface area contributed by atoms with E-state index in [9.17, 15) is 43.5 Å². The van der Waals surface area contributed by atoms with Crippen molar-refractivity contribution in [2.24, 2.45) is 5.90 Å². The second kappa shape index (κ2) is 28.0. The number of likely N-dealkylation sites (tertiary alicyclic amines) is 2. The number of thiophene rings is 2. The van der Waals surface area contributed by atoms with Crippen molar-refractivity contribution < 1.29 is 48.2 Å². The lowest BCUT2D eigenvalue weighted by atomic mass is 10.0. The molecular formula is C64H71Cl2N10O10PS2. The molecule has 0 radical (unpaired) electrons. The number of ketones is 2. The number of benzene rings is 4. The van der Waals surface area contributed by atoms with Crippen molar-refractivity contribution in [2.45, 2.75) is 90.0 Å². The van der Waals surface area contributed by atoms with Gasteiger partial charge in [-0.1, -0.05) is 71.7 Å². The maximum Gasteiger partial charge on any atom is 0.295 e. The SMILES string of the molecule is C[C@@H]1CN(Cc2cccs2)[C@@H](C)CN1C(=O)c1cc2c(C(=O)C(=O)N3CC[C@@H](O)C3)c[nH]c2cc1Cl.C[C@@H]1CN(Cc2cccs2)[C@@H](C)CN1C(=O)c1cc2c(C(=O)C(=O)N3CC[C@@H](O)C3)cn(N)c2cc1Cl.NOP(=O)(c1ccccc1)c1ccccc1. The van der Waals surface area contributed by atoms with Crippen molar-refractivity contribution in [3.8, 4) is 0 Å². The van der Waals surface area contributed by atoms with Crippen LogP contribution in [0.25, 0.3) is 21.8 Å². The Labute approximate surface area is 533 Å². The minimum absolute atomic E-state index is 0.0177. The molecule has 6 atom stereocenters. The fourth-order valence-electron chi connectivity index (χ4n) is 11.9. The van der Waals surface area contributed by atoms with Crippen LogP contribution in [0.3, 0.4) is 0 Å². The molecule has 89 heavy (non-hydrogen) atoms. The van der Waals surface area contributed by atoms with Gasteiger partial charge in [-0.15, -0.1) is 22.7 Å². The Morgan fingerprint density at radius 3 is 1.49 bits per heavy atom. The number of Topliss-reactive ketones (excluding diaryl/α,β-unsaturated/α-hetero) is 2. The number of hydrogen-bond donors (Lipinski definition) is 5. The summed E-state index contributed by atoms with van der Waals surface area (Å²) in [6.45, 7) is 13.5. The van der Waals surface area contributed by atoms with E-state index in [1.165, 1.54) is 36.6 Å². The van der Waals surface area contributed by atoms with E-state index in [0.29, 0.717) is 82.0 Å². The first-order chi connectivity index (χ1) is 42.6. The predicted molar refractivity (Wildman–Crippen MR) is 348 cm³/mol. The summed E-state index contributed by atoms with van der Waals surface area (Å²) in [6, 6.07) is 32.9. The van der Waals surface area contributed by atoms with Crippen LogP contribution in [0.15, 0.2) is 132 Å². The van der Waals surface area contributed by atoms with Gasteiger partial charge in [0.25, 0.3) is 42.6 Å². The van der Waals surface area contributed by atoms with Crippen LogP contribution in [0.5, 0.6) is 0 Å². The molecule has 7 N–H and O–H groups in total. The number of nitrogens with one attached hydrogen (secondary N) is 1. The van der Waals surface area contributed by atoms with E-state index in [1.54, 1.807) is 71.2 Å². The topological polar surface area (TPSA) is 261 Å². The lowest BCUT2D eigenvalue weighted by Crippen LogP contribution is -2.57. The number of aliphatic hydroxyl groups is 2. The van der Waals surface area contributed by atoms with Crippen LogP contribution in [0.1, 0.15) is 91.7 Å². The molecule has 8 aromatic rings. The number of rotatable bonds is 13. The largest absolute Gasteiger partial charge is 0.391 e. The Morgan fingerprint density at radius 1 is 0.596 bits per heavy atom. The van der Waals surface area contributed by atoms with Crippen LogP contribution >= 0.6 is 53.2 Å². The van der Waals surface area contributed by atoms with Crippen molar-refractivity contribution in [3.05, 3.63) is 174 Å². The van der Waals surface area contributed by atoms with Crippen LogP contribution in [0.2, 0.25) is 10.0 Å². The molecule has 0 aliphatic carbocycles. The van der Waals surface area contributed by atoms with Crippen molar-refractivity contribution in [1.29, 1.82) is 0 Å². The van der Waals surface area contributed by atoms with Gasteiger partial charge in [-0.3, -0.25) is 47.8 Å². The lowest BCUT2D eigenvalue weighted by molar-refractivity contribution is -0.126. The average Bonchev–Trinajstić information content (AvgIpc) is 1.81. The number of aromatic amines is 1. The summed E-state index contributed by atoms with van der Waals surface area (Å²) in [7, 11) is -3.13. The molecule has 0 unspecified atom stereocenters. The quantitative estimate of drug-likeness (QED) is 0.0243. The molecule has 0 saturated carbocycles. The van der Waals surface area contributed by atoms with Gasteiger partial charge in [0, 0.05) is 139 Å². The standard InChI is InChI=1S/C26H30ClN5O4S.C26H29ClN4O4S.C12H12NO2P/c1-15-11-31(16(2)10-30(15)13-18-4-3-7-37-18)25(35)20-8-19-21(14-32(28)23(19)9-22(20)27)24(34)26(36)29-6-5-17(33)12-29;1-15-12-31(16(2)11-30(15)14-18-4-3-7-36-18)25(34)20-8-19-21(10-28-23(19)9-22(20)27)24(33)26(35)29-6-5-17(32)13-29;13-15-16(14,11-7-3-1-4-8-11)12-9-5-2-6-10-12/h3-4,7-9,14-17,33H,5-6,10-13,28H2,1-2H3;3-4,7-10,15-17,28,32H,5-6,11-14H2,1-2H3;1-10H,13H2/t2*15-,16+,17+;/m00./s1. The number of halogens is 2. The number of nitrogens with two attached hydrogens (primary N) is 2. The molecule has 20 nitrogen and oxygen atoms in total. The van der Waals surface area contributed by atoms with E-state index in [2.05, 4.69) is 51.5 Å². The smallest absolute Gasteiger partial charge is 0.295 e. The number of aliphatic hydroxyl groups excluding tert-OH is 2. The molecule has 4 aromatic heterocycles. The first kappa shape index (κ1) is 64.9. The van der Waals surface area contributed by atoms with Gasteiger partial charge in [0.15, 0.2) is 0 Å². The highest BCUT2D eigenvalue weighted by atomic mass is 35.5. The Bertz CT molecular complexity index is 3890. The van der Waals surface area contributed by atoms with Crippen LogP contribution < -0.4 is 22.3 Å². The molecule has 4 saturated heterocycles. The molecule has 4 aliphatic rings. The van der Waals surface area contributed by atoms with Gasteiger partial charge >= 0.3 is 0 Å². The minimum atomic E-state index is -3.13. The molecular weight excluding hydrogens is 1230 g/mol. The molecule has 4 aromatic carbocycles.